The van der Waals surface area contributed by atoms with Crippen molar-refractivity contribution in [2.75, 3.05) is 17.6 Å². The molecule has 0 bridgehead atoms. The van der Waals surface area contributed by atoms with Gasteiger partial charge in [-0.3, -0.25) is 5.32 Å². The number of pyridine rings is 1. The second-order valence-corrected chi connectivity index (χ2v) is 9.18. The number of urea groups is 1. The number of carbonyl (C=O) groups is 1. The number of rotatable bonds is 6. The number of fused-ring (bicyclic) bond motifs is 1. The third-order valence-electron chi connectivity index (χ3n) is 4.66. The lowest BCUT2D eigenvalue weighted by atomic mass is 10.2. The molecular weight excluding hydrogens is 489 g/mol. The van der Waals surface area contributed by atoms with E-state index in [9.17, 15) is 35.2 Å². The first-order chi connectivity index (χ1) is 15.7. The van der Waals surface area contributed by atoms with Gasteiger partial charge in [0.25, 0.3) is 0 Å². The average molecular weight is 507 g/mol. The zero-order valence-electron chi connectivity index (χ0n) is 17.9. The molecule has 3 rings (SSSR count). The quantitative estimate of drug-likeness (QED) is 0.490. The highest BCUT2D eigenvalue weighted by atomic mass is 32.2. The molecule has 0 radical (unpaired) electrons. The zero-order chi connectivity index (χ0) is 25.5. The Balaban J connectivity index is 2.22. The molecule has 10 nitrogen and oxygen atoms in total. The fourth-order valence-corrected chi connectivity index (χ4v) is 3.92. The van der Waals surface area contributed by atoms with E-state index in [1.807, 2.05) is 0 Å². The Bertz CT molecular complexity index is 1360. The van der Waals surface area contributed by atoms with Gasteiger partial charge in [-0.2, -0.15) is 22.0 Å². The molecule has 0 saturated heterocycles. The molecule has 3 aromatic heterocycles. The van der Waals surface area contributed by atoms with Crippen LogP contribution in [0, 0.1) is 0 Å². The number of carbonyl (C=O) groups excluding carboxylic acids is 1. The van der Waals surface area contributed by atoms with Gasteiger partial charge >= 0.3 is 18.1 Å². The number of imidazole rings is 1. The number of halogens is 5. The molecule has 184 valence electrons. The van der Waals surface area contributed by atoms with Crippen molar-refractivity contribution in [3.8, 4) is 11.5 Å². The fraction of sp³-hybridized carbons (Fsp3) is 0.389. The Morgan fingerprint density at radius 2 is 1.76 bits per heavy atom. The van der Waals surface area contributed by atoms with Gasteiger partial charge in [-0.05, 0) is 25.1 Å². The second-order valence-electron chi connectivity index (χ2n) is 6.94. The molecule has 3 aromatic rings. The van der Waals surface area contributed by atoms with Gasteiger partial charge < -0.3 is 9.88 Å². The molecule has 0 aliphatic heterocycles. The van der Waals surface area contributed by atoms with Crippen molar-refractivity contribution in [1.29, 1.82) is 0 Å². The number of anilines is 1. The first kappa shape index (κ1) is 25.2. The molecular formula is C18H18F5N7O3S. The lowest BCUT2D eigenvalue weighted by Crippen LogP contribution is -2.34. The number of aryl methyl sites for hydroxylation is 1. The van der Waals surface area contributed by atoms with Crippen LogP contribution in [0.4, 0.5) is 32.6 Å². The van der Waals surface area contributed by atoms with Crippen LogP contribution in [0.5, 0.6) is 0 Å². The van der Waals surface area contributed by atoms with Gasteiger partial charge in [0, 0.05) is 13.6 Å². The summed E-state index contributed by atoms with van der Waals surface area (Å²) in [6, 6.07) is 2.22. The van der Waals surface area contributed by atoms with E-state index in [0.717, 1.165) is 4.57 Å². The Morgan fingerprint density at radius 3 is 2.35 bits per heavy atom. The maximum absolute atomic E-state index is 13.7. The molecule has 3 heterocycles. The molecule has 0 aliphatic carbocycles. The predicted molar refractivity (Wildman–Crippen MR) is 110 cm³/mol. The summed E-state index contributed by atoms with van der Waals surface area (Å²) < 4.78 is 92.0. The minimum absolute atomic E-state index is 0.0570. The van der Waals surface area contributed by atoms with Gasteiger partial charge in [-0.15, -0.1) is 10.2 Å². The van der Waals surface area contributed by atoms with E-state index in [1.54, 1.807) is 6.92 Å². The highest BCUT2D eigenvalue weighted by Crippen LogP contribution is 2.43. The molecule has 0 aromatic carbocycles. The Morgan fingerprint density at radius 1 is 1.09 bits per heavy atom. The monoisotopic (exact) mass is 507 g/mol. The van der Waals surface area contributed by atoms with E-state index in [-0.39, 0.29) is 33.6 Å². The normalized spacial score (nSPS) is 12.7. The summed E-state index contributed by atoms with van der Waals surface area (Å²) in [7, 11) is -2.56. The molecule has 0 fully saturated rings. The largest absolute Gasteiger partial charge is 0.459 e. The summed E-state index contributed by atoms with van der Waals surface area (Å²) in [5, 5.41) is 11.3. The van der Waals surface area contributed by atoms with Crippen LogP contribution in [-0.2, 0) is 22.8 Å². The Hall–Kier alpha value is -3.43. The molecule has 0 saturated carbocycles. The van der Waals surface area contributed by atoms with Crippen LogP contribution in [0.15, 0.2) is 23.1 Å². The van der Waals surface area contributed by atoms with Gasteiger partial charge in [-0.1, -0.05) is 6.92 Å². The van der Waals surface area contributed by atoms with Gasteiger partial charge in [0.05, 0.1) is 10.6 Å². The van der Waals surface area contributed by atoms with Crippen molar-refractivity contribution >= 4 is 32.9 Å². The maximum atomic E-state index is 13.7. The summed E-state index contributed by atoms with van der Waals surface area (Å²) in [5.41, 5.74) is -2.52. The number of alkyl halides is 5. The number of hydrogen-bond acceptors (Lipinski definition) is 7. The summed E-state index contributed by atoms with van der Waals surface area (Å²) >= 11 is 0. The van der Waals surface area contributed by atoms with Crippen LogP contribution in [0.1, 0.15) is 19.5 Å². The van der Waals surface area contributed by atoms with Crippen molar-refractivity contribution in [2.24, 2.45) is 7.05 Å². The van der Waals surface area contributed by atoms with Crippen LogP contribution in [0.3, 0.4) is 0 Å². The first-order valence-corrected chi connectivity index (χ1v) is 11.3. The van der Waals surface area contributed by atoms with Gasteiger partial charge in [0.1, 0.15) is 22.7 Å². The van der Waals surface area contributed by atoms with E-state index in [0.29, 0.717) is 12.6 Å². The lowest BCUT2D eigenvalue weighted by Gasteiger charge is -2.17. The van der Waals surface area contributed by atoms with Gasteiger partial charge in [-0.25, -0.2) is 23.2 Å². The molecule has 34 heavy (non-hydrogen) atoms. The number of sulfone groups is 1. The first-order valence-electron chi connectivity index (χ1n) is 9.67. The second kappa shape index (κ2) is 8.73. The number of hydrogen-bond donors (Lipinski definition) is 2. The van der Waals surface area contributed by atoms with Crippen molar-refractivity contribution in [1.82, 2.24) is 30.0 Å². The lowest BCUT2D eigenvalue weighted by molar-refractivity contribution is -0.291. The standard InChI is InChI=1S/C18H18F5N7O3S/c1-4-24-16(31)27-12-7-6-10(34(32,33)5-2)13(26-12)15-25-9-8-11(17(19,20)18(21,22)23)28-29-14(9)30(15)3/h6-8H,4-5H2,1-3H3,(H2,24,26,27,31). The maximum Gasteiger partial charge on any atom is 0.459 e. The van der Waals surface area contributed by atoms with Crippen molar-refractivity contribution in [3.05, 3.63) is 23.9 Å². The van der Waals surface area contributed by atoms with Crippen molar-refractivity contribution in [2.45, 2.75) is 30.8 Å². The minimum Gasteiger partial charge on any atom is -0.338 e. The van der Waals surface area contributed by atoms with E-state index >= 15 is 0 Å². The SMILES string of the molecule is CCNC(=O)Nc1ccc(S(=O)(=O)CC)c(-c2nc3cc(C(F)(F)C(F)(F)F)nnc3n2C)n1. The summed E-state index contributed by atoms with van der Waals surface area (Å²) in [6.45, 7) is 3.35. The molecule has 0 aliphatic rings. The number of nitrogens with zero attached hydrogens (tertiary/aromatic N) is 5. The van der Waals surface area contributed by atoms with Crippen LogP contribution >= 0.6 is 0 Å². The van der Waals surface area contributed by atoms with Crippen LogP contribution < -0.4 is 10.6 Å². The van der Waals surface area contributed by atoms with Gasteiger partial charge in [0.15, 0.2) is 21.3 Å². The molecule has 16 heteroatoms. The summed E-state index contributed by atoms with van der Waals surface area (Å²) in [6.07, 6.45) is -5.91. The number of amides is 2. The van der Waals surface area contributed by atoms with E-state index in [4.69, 9.17) is 0 Å². The molecule has 0 atom stereocenters. The summed E-state index contributed by atoms with van der Waals surface area (Å²) in [5.74, 6) is -5.87. The molecule has 0 spiro atoms. The predicted octanol–water partition coefficient (Wildman–Crippen LogP) is 3.01. The van der Waals surface area contributed by atoms with E-state index < -0.39 is 39.2 Å². The molecule has 2 amide bonds. The van der Waals surface area contributed by atoms with E-state index in [1.165, 1.54) is 26.1 Å². The van der Waals surface area contributed by atoms with Crippen LogP contribution in [0.25, 0.3) is 22.7 Å². The van der Waals surface area contributed by atoms with E-state index in [2.05, 4.69) is 30.8 Å². The minimum atomic E-state index is -5.91. The van der Waals surface area contributed by atoms with Crippen molar-refractivity contribution < 1.29 is 35.2 Å². The summed E-state index contributed by atoms with van der Waals surface area (Å²) in [4.78, 5) is 19.7. The average Bonchev–Trinajstić information content (AvgIpc) is 3.08. The smallest absolute Gasteiger partial charge is 0.338 e. The number of nitrogens with one attached hydrogen (secondary N) is 2. The van der Waals surface area contributed by atoms with Crippen LogP contribution in [0.2, 0.25) is 0 Å². The van der Waals surface area contributed by atoms with Crippen molar-refractivity contribution in [3.63, 3.8) is 0 Å². The van der Waals surface area contributed by atoms with Crippen LogP contribution in [-0.4, -0.2) is 57.7 Å². The Kier molecular flexibility index (Phi) is 6.47. The Labute approximate surface area is 189 Å². The number of aromatic nitrogens is 5. The fourth-order valence-electron chi connectivity index (χ4n) is 2.90. The zero-order valence-corrected chi connectivity index (χ0v) is 18.7. The molecule has 2 N–H and O–H groups in total. The highest BCUT2D eigenvalue weighted by Gasteiger charge is 2.60. The highest BCUT2D eigenvalue weighted by molar-refractivity contribution is 7.91. The topological polar surface area (TPSA) is 132 Å². The molecule has 0 unspecified atom stereocenters. The third-order valence-corrected chi connectivity index (χ3v) is 6.42. The van der Waals surface area contributed by atoms with Gasteiger partial charge in [0.2, 0.25) is 0 Å². The third kappa shape index (κ3) is 4.49.